The van der Waals surface area contributed by atoms with Crippen LogP contribution in [0, 0.1) is 13.8 Å². The first-order valence-corrected chi connectivity index (χ1v) is 4.48. The van der Waals surface area contributed by atoms with Crippen molar-refractivity contribution in [3.05, 3.63) is 34.4 Å². The highest BCUT2D eigenvalue weighted by atomic mass is 14.5. The number of benzene rings is 1. The van der Waals surface area contributed by atoms with Gasteiger partial charge in [-0.25, -0.2) is 0 Å². The summed E-state index contributed by atoms with van der Waals surface area (Å²) >= 11 is 0. The summed E-state index contributed by atoms with van der Waals surface area (Å²) in [4.78, 5) is 0. The fourth-order valence-corrected chi connectivity index (χ4v) is 1.43. The summed E-state index contributed by atoms with van der Waals surface area (Å²) in [6, 6.07) is 4.46. The molecule has 0 spiro atoms. The zero-order chi connectivity index (χ0) is 9.14. The Morgan fingerprint density at radius 1 is 1.25 bits per heavy atom. The van der Waals surface area contributed by atoms with Gasteiger partial charge in [0.15, 0.2) is 0 Å². The van der Waals surface area contributed by atoms with Crippen molar-refractivity contribution >= 4 is 0 Å². The van der Waals surface area contributed by atoms with Crippen LogP contribution in [0.1, 0.15) is 29.2 Å². The molecule has 0 saturated heterocycles. The third-order valence-electron chi connectivity index (χ3n) is 2.46. The van der Waals surface area contributed by atoms with Crippen molar-refractivity contribution in [3.8, 4) is 0 Å². The topological polar surface area (TPSA) is 26.0 Å². The van der Waals surface area contributed by atoms with Gasteiger partial charge in [-0.3, -0.25) is 0 Å². The summed E-state index contributed by atoms with van der Waals surface area (Å²) in [5.74, 6) is 0. The Bertz CT molecular complexity index is 277. The molecule has 1 rings (SSSR count). The quantitative estimate of drug-likeness (QED) is 0.711. The predicted octanol–water partition coefficient (Wildman–Crippen LogP) is 2.32. The number of aryl methyl sites for hydroxylation is 2. The molecule has 2 N–H and O–H groups in total. The zero-order valence-electron chi connectivity index (χ0n) is 8.15. The van der Waals surface area contributed by atoms with E-state index in [1.165, 1.54) is 22.3 Å². The van der Waals surface area contributed by atoms with Crippen LogP contribution in [-0.2, 0) is 13.0 Å². The fraction of sp³-hybridized carbons (Fsp3) is 0.455. The normalized spacial score (nSPS) is 10.3. The van der Waals surface area contributed by atoms with Gasteiger partial charge >= 0.3 is 0 Å². The van der Waals surface area contributed by atoms with E-state index in [9.17, 15) is 0 Å². The monoisotopic (exact) mass is 163 g/mol. The van der Waals surface area contributed by atoms with Gasteiger partial charge in [-0.15, -0.1) is 0 Å². The van der Waals surface area contributed by atoms with E-state index in [0.29, 0.717) is 6.54 Å². The van der Waals surface area contributed by atoms with Gasteiger partial charge in [0.1, 0.15) is 0 Å². The van der Waals surface area contributed by atoms with E-state index in [-0.39, 0.29) is 0 Å². The lowest BCUT2D eigenvalue weighted by atomic mass is 9.98. The molecule has 0 atom stereocenters. The molecule has 0 aliphatic heterocycles. The van der Waals surface area contributed by atoms with Crippen molar-refractivity contribution < 1.29 is 0 Å². The van der Waals surface area contributed by atoms with Crippen LogP contribution < -0.4 is 5.73 Å². The van der Waals surface area contributed by atoms with Crippen molar-refractivity contribution in [2.45, 2.75) is 33.7 Å². The lowest BCUT2D eigenvalue weighted by Crippen LogP contribution is -2.01. The van der Waals surface area contributed by atoms with Crippen LogP contribution in [0.25, 0.3) is 0 Å². The van der Waals surface area contributed by atoms with Crippen LogP contribution in [-0.4, -0.2) is 0 Å². The van der Waals surface area contributed by atoms with E-state index >= 15 is 0 Å². The highest BCUT2D eigenvalue weighted by Gasteiger charge is 2.01. The van der Waals surface area contributed by atoms with Gasteiger partial charge in [0.05, 0.1) is 0 Å². The van der Waals surface area contributed by atoms with Gasteiger partial charge in [0.2, 0.25) is 0 Å². The van der Waals surface area contributed by atoms with Crippen molar-refractivity contribution in [2.75, 3.05) is 0 Å². The van der Waals surface area contributed by atoms with E-state index in [2.05, 4.69) is 32.9 Å². The van der Waals surface area contributed by atoms with Crippen LogP contribution in [0.2, 0.25) is 0 Å². The molecule has 12 heavy (non-hydrogen) atoms. The minimum absolute atomic E-state index is 0.653. The molecule has 0 fully saturated rings. The van der Waals surface area contributed by atoms with Crippen LogP contribution in [0.4, 0.5) is 0 Å². The minimum atomic E-state index is 0.653. The van der Waals surface area contributed by atoms with Crippen molar-refractivity contribution in [2.24, 2.45) is 5.73 Å². The molecule has 1 aromatic carbocycles. The molecule has 1 heteroatoms. The molecule has 1 aromatic rings. The van der Waals surface area contributed by atoms with Gasteiger partial charge in [-0.05, 0) is 42.5 Å². The maximum atomic E-state index is 5.64. The number of hydrogen-bond acceptors (Lipinski definition) is 1. The van der Waals surface area contributed by atoms with E-state index in [1.807, 2.05) is 0 Å². The summed E-state index contributed by atoms with van der Waals surface area (Å²) in [6.45, 7) is 7.11. The molecule has 0 unspecified atom stereocenters. The maximum absolute atomic E-state index is 5.64. The maximum Gasteiger partial charge on any atom is 0.0180 e. The lowest BCUT2D eigenvalue weighted by Gasteiger charge is -2.09. The zero-order valence-corrected chi connectivity index (χ0v) is 8.15. The Morgan fingerprint density at radius 3 is 2.42 bits per heavy atom. The predicted molar refractivity (Wildman–Crippen MR) is 53.2 cm³/mol. The highest BCUT2D eigenvalue weighted by Crippen LogP contribution is 2.16. The van der Waals surface area contributed by atoms with E-state index in [4.69, 9.17) is 5.73 Å². The van der Waals surface area contributed by atoms with Gasteiger partial charge in [-0.2, -0.15) is 0 Å². The Balaban J connectivity index is 3.19. The molecule has 1 nitrogen and oxygen atoms in total. The second-order valence-electron chi connectivity index (χ2n) is 3.25. The minimum Gasteiger partial charge on any atom is -0.326 e. The molecular formula is C11H17N. The average molecular weight is 163 g/mol. The standard InChI is InChI=1S/C11H17N/c1-4-10-5-8(2)9(3)11(6-10)7-12/h5-6H,4,7,12H2,1-3H3. The smallest absolute Gasteiger partial charge is 0.0180 e. The van der Waals surface area contributed by atoms with E-state index < -0.39 is 0 Å². The fourth-order valence-electron chi connectivity index (χ4n) is 1.43. The number of hydrogen-bond donors (Lipinski definition) is 1. The largest absolute Gasteiger partial charge is 0.326 e. The average Bonchev–Trinajstić information content (AvgIpc) is 2.09. The second-order valence-corrected chi connectivity index (χ2v) is 3.25. The molecule has 66 valence electrons. The van der Waals surface area contributed by atoms with Crippen LogP contribution >= 0.6 is 0 Å². The van der Waals surface area contributed by atoms with Crippen molar-refractivity contribution in [1.29, 1.82) is 0 Å². The van der Waals surface area contributed by atoms with E-state index in [0.717, 1.165) is 6.42 Å². The Kier molecular flexibility index (Phi) is 2.88. The summed E-state index contributed by atoms with van der Waals surface area (Å²) in [7, 11) is 0. The van der Waals surface area contributed by atoms with Gasteiger partial charge < -0.3 is 5.73 Å². The molecule has 0 aromatic heterocycles. The molecule has 0 radical (unpaired) electrons. The second kappa shape index (κ2) is 3.72. The number of rotatable bonds is 2. The first-order valence-electron chi connectivity index (χ1n) is 4.48. The third kappa shape index (κ3) is 1.67. The van der Waals surface area contributed by atoms with Crippen molar-refractivity contribution in [1.82, 2.24) is 0 Å². The van der Waals surface area contributed by atoms with Crippen molar-refractivity contribution in [3.63, 3.8) is 0 Å². The van der Waals surface area contributed by atoms with Gasteiger partial charge in [0.25, 0.3) is 0 Å². The molecule has 0 saturated carbocycles. The number of nitrogens with two attached hydrogens (primary N) is 1. The van der Waals surface area contributed by atoms with Gasteiger partial charge in [-0.1, -0.05) is 19.1 Å². The first-order chi connectivity index (χ1) is 5.69. The van der Waals surface area contributed by atoms with Crippen LogP contribution in [0.15, 0.2) is 12.1 Å². The Labute approximate surface area is 74.6 Å². The van der Waals surface area contributed by atoms with Gasteiger partial charge in [0, 0.05) is 6.54 Å². The first kappa shape index (κ1) is 9.27. The molecular weight excluding hydrogens is 146 g/mol. The molecule has 0 aliphatic rings. The lowest BCUT2D eigenvalue weighted by molar-refractivity contribution is 1.02. The molecule has 0 aliphatic carbocycles. The summed E-state index contributed by atoms with van der Waals surface area (Å²) in [5, 5.41) is 0. The summed E-state index contributed by atoms with van der Waals surface area (Å²) in [6.07, 6.45) is 1.09. The summed E-state index contributed by atoms with van der Waals surface area (Å²) < 4.78 is 0. The molecule has 0 heterocycles. The SMILES string of the molecule is CCc1cc(C)c(C)c(CN)c1. The Morgan fingerprint density at radius 2 is 1.92 bits per heavy atom. The van der Waals surface area contributed by atoms with Crippen LogP contribution in [0.5, 0.6) is 0 Å². The Hall–Kier alpha value is -0.820. The molecule has 0 bridgehead atoms. The molecule has 0 amide bonds. The van der Waals surface area contributed by atoms with E-state index in [1.54, 1.807) is 0 Å². The third-order valence-corrected chi connectivity index (χ3v) is 2.46. The van der Waals surface area contributed by atoms with Crippen LogP contribution in [0.3, 0.4) is 0 Å². The summed E-state index contributed by atoms with van der Waals surface area (Å²) in [5.41, 5.74) is 11.0. The highest BCUT2D eigenvalue weighted by molar-refractivity contribution is 5.37.